The minimum Gasteiger partial charge on any atom is -0.300 e. The molecule has 0 aromatic heterocycles. The summed E-state index contributed by atoms with van der Waals surface area (Å²) in [6, 6.07) is 1.49. The maximum atomic E-state index is 3.66. The van der Waals surface area contributed by atoms with Gasteiger partial charge in [-0.05, 0) is 19.3 Å². The Morgan fingerprint density at radius 2 is 1.82 bits per heavy atom. The van der Waals surface area contributed by atoms with Gasteiger partial charge in [0, 0.05) is 23.6 Å². The van der Waals surface area contributed by atoms with Crippen molar-refractivity contribution in [3.63, 3.8) is 0 Å². The molecular weight excluding hydrogens is 227 g/mol. The fraction of sp³-hybridized carbons (Fsp3) is 1.00. The van der Waals surface area contributed by atoms with Crippen LogP contribution in [0.2, 0.25) is 0 Å². The number of alkyl halides is 1. The molecule has 2 N–H and O–H groups in total. The first-order chi connectivity index (χ1) is 4.86. The molecule has 3 unspecified atom stereocenters. The SMILES string of the molecule is BrC1CCC2NCNC2C1.Cl. The third-order valence-electron chi connectivity index (χ3n) is 2.51. The first-order valence-electron chi connectivity index (χ1n) is 3.97. The van der Waals surface area contributed by atoms with Crippen LogP contribution in [-0.4, -0.2) is 23.6 Å². The van der Waals surface area contributed by atoms with E-state index in [2.05, 4.69) is 26.6 Å². The van der Waals surface area contributed by atoms with Crippen LogP contribution in [0.15, 0.2) is 0 Å². The highest BCUT2D eigenvalue weighted by molar-refractivity contribution is 9.09. The second kappa shape index (κ2) is 4.08. The fourth-order valence-electron chi connectivity index (χ4n) is 1.91. The highest BCUT2D eigenvalue weighted by Gasteiger charge is 2.31. The molecule has 66 valence electrons. The van der Waals surface area contributed by atoms with Crippen molar-refractivity contribution in [1.82, 2.24) is 10.6 Å². The van der Waals surface area contributed by atoms with Crippen molar-refractivity contribution in [3.05, 3.63) is 0 Å². The topological polar surface area (TPSA) is 24.1 Å². The van der Waals surface area contributed by atoms with Crippen molar-refractivity contribution < 1.29 is 0 Å². The molecule has 0 spiro atoms. The predicted octanol–water partition coefficient (Wildman–Crippen LogP) is 1.24. The number of hydrogen-bond donors (Lipinski definition) is 2. The number of rotatable bonds is 0. The third kappa shape index (κ3) is 2.08. The Hall–Kier alpha value is 0.690. The Morgan fingerprint density at radius 3 is 2.64 bits per heavy atom. The molecule has 1 saturated carbocycles. The molecule has 3 atom stereocenters. The van der Waals surface area contributed by atoms with Crippen molar-refractivity contribution in [2.75, 3.05) is 6.67 Å². The third-order valence-corrected chi connectivity index (χ3v) is 3.35. The van der Waals surface area contributed by atoms with Crippen LogP contribution >= 0.6 is 28.3 Å². The van der Waals surface area contributed by atoms with E-state index in [-0.39, 0.29) is 12.4 Å². The lowest BCUT2D eigenvalue weighted by atomic mass is 9.92. The Kier molecular flexibility index (Phi) is 3.62. The summed E-state index contributed by atoms with van der Waals surface area (Å²) in [6.45, 7) is 1.01. The standard InChI is InChI=1S/C7H13BrN2.ClH/c8-5-1-2-6-7(3-5)10-4-9-6;/h5-7,9-10H,1-4H2;1H. The van der Waals surface area contributed by atoms with E-state index in [1.165, 1.54) is 19.3 Å². The highest BCUT2D eigenvalue weighted by Crippen LogP contribution is 2.26. The summed E-state index contributed by atoms with van der Waals surface area (Å²) in [5.41, 5.74) is 0. The number of fused-ring (bicyclic) bond motifs is 1. The maximum absolute atomic E-state index is 3.66. The van der Waals surface area contributed by atoms with Gasteiger partial charge in [0.15, 0.2) is 0 Å². The largest absolute Gasteiger partial charge is 0.300 e. The van der Waals surface area contributed by atoms with Crippen molar-refractivity contribution in [2.45, 2.75) is 36.2 Å². The number of hydrogen-bond acceptors (Lipinski definition) is 2. The van der Waals surface area contributed by atoms with Gasteiger partial charge in [0.1, 0.15) is 0 Å². The molecular formula is C7H14BrClN2. The van der Waals surface area contributed by atoms with Crippen LogP contribution < -0.4 is 10.6 Å². The number of nitrogens with one attached hydrogen (secondary N) is 2. The lowest BCUT2D eigenvalue weighted by Crippen LogP contribution is -2.39. The van der Waals surface area contributed by atoms with Crippen LogP contribution in [0.5, 0.6) is 0 Å². The van der Waals surface area contributed by atoms with Gasteiger partial charge in [0.25, 0.3) is 0 Å². The minimum atomic E-state index is 0. The second-order valence-electron chi connectivity index (χ2n) is 3.21. The summed E-state index contributed by atoms with van der Waals surface area (Å²) in [5, 5.41) is 6.89. The molecule has 0 aromatic rings. The molecule has 2 rings (SSSR count). The zero-order valence-electron chi connectivity index (χ0n) is 6.35. The molecule has 1 saturated heterocycles. The molecule has 1 heterocycles. The van der Waals surface area contributed by atoms with Crippen LogP contribution in [0.3, 0.4) is 0 Å². The van der Waals surface area contributed by atoms with E-state index in [1.807, 2.05) is 0 Å². The molecule has 2 nitrogen and oxygen atoms in total. The minimum absolute atomic E-state index is 0. The van der Waals surface area contributed by atoms with Crippen LogP contribution in [0.1, 0.15) is 19.3 Å². The van der Waals surface area contributed by atoms with Gasteiger partial charge >= 0.3 is 0 Å². The van der Waals surface area contributed by atoms with Gasteiger partial charge in [-0.25, -0.2) is 0 Å². The Morgan fingerprint density at radius 1 is 1.09 bits per heavy atom. The van der Waals surface area contributed by atoms with Gasteiger partial charge in [0.05, 0.1) is 0 Å². The summed E-state index contributed by atoms with van der Waals surface area (Å²) in [7, 11) is 0. The molecule has 0 aromatic carbocycles. The average Bonchev–Trinajstić information content (AvgIpc) is 2.33. The Bertz CT molecular complexity index is 134. The smallest absolute Gasteiger partial charge is 0.0459 e. The van der Waals surface area contributed by atoms with Crippen molar-refractivity contribution in [2.24, 2.45) is 0 Å². The molecule has 0 radical (unpaired) electrons. The molecule has 1 aliphatic carbocycles. The van der Waals surface area contributed by atoms with Crippen molar-refractivity contribution >= 4 is 28.3 Å². The van der Waals surface area contributed by atoms with Crippen LogP contribution in [0.25, 0.3) is 0 Å². The summed E-state index contributed by atoms with van der Waals surface area (Å²) in [6.07, 6.45) is 3.95. The van der Waals surface area contributed by atoms with E-state index >= 15 is 0 Å². The lowest BCUT2D eigenvalue weighted by Gasteiger charge is -2.27. The van der Waals surface area contributed by atoms with E-state index in [0.717, 1.165) is 23.6 Å². The molecule has 4 heteroatoms. The fourth-order valence-corrected chi connectivity index (χ4v) is 2.58. The van der Waals surface area contributed by atoms with E-state index in [0.29, 0.717) is 0 Å². The van der Waals surface area contributed by atoms with Crippen LogP contribution in [0, 0.1) is 0 Å². The first-order valence-corrected chi connectivity index (χ1v) is 4.88. The molecule has 2 fully saturated rings. The van der Waals surface area contributed by atoms with Crippen LogP contribution in [-0.2, 0) is 0 Å². The van der Waals surface area contributed by atoms with E-state index in [9.17, 15) is 0 Å². The molecule has 0 bridgehead atoms. The quantitative estimate of drug-likeness (QED) is 0.624. The average molecular weight is 242 g/mol. The highest BCUT2D eigenvalue weighted by atomic mass is 79.9. The van der Waals surface area contributed by atoms with Crippen molar-refractivity contribution in [3.8, 4) is 0 Å². The van der Waals surface area contributed by atoms with Crippen LogP contribution in [0.4, 0.5) is 0 Å². The van der Waals surface area contributed by atoms with Crippen molar-refractivity contribution in [1.29, 1.82) is 0 Å². The summed E-state index contributed by atoms with van der Waals surface area (Å²) >= 11 is 3.66. The summed E-state index contributed by atoms with van der Waals surface area (Å²) < 4.78 is 0. The summed E-state index contributed by atoms with van der Waals surface area (Å²) in [5.74, 6) is 0. The predicted molar refractivity (Wildman–Crippen MR) is 52.5 cm³/mol. The number of halogens is 2. The summed E-state index contributed by atoms with van der Waals surface area (Å²) in [4.78, 5) is 0.751. The molecule has 0 amide bonds. The first kappa shape index (κ1) is 9.78. The van der Waals surface area contributed by atoms with Gasteiger partial charge < -0.3 is 10.6 Å². The maximum Gasteiger partial charge on any atom is 0.0459 e. The normalized spacial score (nSPS) is 42.8. The molecule has 11 heavy (non-hydrogen) atoms. The second-order valence-corrected chi connectivity index (χ2v) is 4.50. The monoisotopic (exact) mass is 240 g/mol. The van der Waals surface area contributed by atoms with Gasteiger partial charge in [-0.1, -0.05) is 15.9 Å². The van der Waals surface area contributed by atoms with Gasteiger partial charge in [-0.15, -0.1) is 12.4 Å². The van der Waals surface area contributed by atoms with Gasteiger partial charge in [-0.2, -0.15) is 0 Å². The van der Waals surface area contributed by atoms with E-state index in [4.69, 9.17) is 0 Å². The van der Waals surface area contributed by atoms with E-state index < -0.39 is 0 Å². The van der Waals surface area contributed by atoms with E-state index in [1.54, 1.807) is 0 Å². The lowest BCUT2D eigenvalue weighted by molar-refractivity contribution is 0.385. The molecule has 2 aliphatic rings. The molecule has 1 aliphatic heterocycles. The zero-order chi connectivity index (χ0) is 6.97. The van der Waals surface area contributed by atoms with Gasteiger partial charge in [0.2, 0.25) is 0 Å². The van der Waals surface area contributed by atoms with Gasteiger partial charge in [-0.3, -0.25) is 0 Å². The Balaban J connectivity index is 0.000000605. The zero-order valence-corrected chi connectivity index (χ0v) is 8.75. The Labute approximate surface area is 82.0 Å².